The van der Waals surface area contributed by atoms with Gasteiger partial charge in [0.15, 0.2) is 21.5 Å². The van der Waals surface area contributed by atoms with Crippen molar-refractivity contribution < 1.29 is 27.1 Å². The van der Waals surface area contributed by atoms with Gasteiger partial charge in [0.2, 0.25) is 0 Å². The predicted molar refractivity (Wildman–Crippen MR) is 68.5 cm³/mol. The van der Waals surface area contributed by atoms with Crippen LogP contribution in [-0.4, -0.2) is 19.5 Å². The van der Waals surface area contributed by atoms with Crippen LogP contribution in [0.4, 0.5) is 8.78 Å². The van der Waals surface area contributed by atoms with Gasteiger partial charge in [-0.05, 0) is 23.6 Å². The second-order valence-electron chi connectivity index (χ2n) is 3.91. The summed E-state index contributed by atoms with van der Waals surface area (Å²) >= 11 is 1.15. The van der Waals surface area contributed by atoms with Crippen LogP contribution < -0.4 is 0 Å². The summed E-state index contributed by atoms with van der Waals surface area (Å²) in [7, 11) is -4.16. The predicted octanol–water partition coefficient (Wildman–Crippen LogP) is 2.70. The Kier molecular flexibility index (Phi) is 3.87. The van der Waals surface area contributed by atoms with Gasteiger partial charge >= 0.3 is 5.97 Å². The zero-order valence-corrected chi connectivity index (χ0v) is 11.5. The van der Waals surface area contributed by atoms with Crippen molar-refractivity contribution >= 4 is 27.1 Å². The van der Waals surface area contributed by atoms with Crippen molar-refractivity contribution in [1.82, 2.24) is 0 Å². The van der Waals surface area contributed by atoms with Crippen molar-refractivity contribution in [2.75, 3.05) is 0 Å². The van der Waals surface area contributed by atoms with Gasteiger partial charge in [0, 0.05) is 4.88 Å². The molecule has 0 aliphatic carbocycles. The molecule has 2 rings (SSSR count). The highest BCUT2D eigenvalue weighted by molar-refractivity contribution is 7.90. The van der Waals surface area contributed by atoms with Crippen LogP contribution >= 0.6 is 11.3 Å². The van der Waals surface area contributed by atoms with Gasteiger partial charge in [0.25, 0.3) is 0 Å². The van der Waals surface area contributed by atoms with Crippen molar-refractivity contribution in [1.29, 1.82) is 0 Å². The Morgan fingerprint density at radius 1 is 1.30 bits per heavy atom. The number of hydrogen-bond donors (Lipinski definition) is 1. The number of halogens is 2. The summed E-state index contributed by atoms with van der Waals surface area (Å²) in [5, 5.41) is 10.4. The number of aromatic carboxylic acids is 1. The first kappa shape index (κ1) is 14.6. The Bertz CT molecular complexity index is 752. The Balaban J connectivity index is 2.53. The maximum absolute atomic E-state index is 13.6. The molecule has 0 bridgehead atoms. The van der Waals surface area contributed by atoms with E-state index in [0.717, 1.165) is 11.3 Å². The van der Waals surface area contributed by atoms with Crippen molar-refractivity contribution in [2.45, 2.75) is 10.6 Å². The van der Waals surface area contributed by atoms with E-state index in [2.05, 4.69) is 0 Å². The maximum atomic E-state index is 13.6. The van der Waals surface area contributed by atoms with Crippen LogP contribution in [0.3, 0.4) is 0 Å². The smallest absolute Gasteiger partial charge is 0.335 e. The summed E-state index contributed by atoms with van der Waals surface area (Å²) in [6.07, 6.45) is 0. The normalized spacial score (nSPS) is 11.5. The molecule has 0 unspecified atom stereocenters. The fraction of sp³-hybridized carbons (Fsp3) is 0.0833. The number of carboxylic acid groups (broad SMARTS) is 1. The topological polar surface area (TPSA) is 71.4 Å². The summed E-state index contributed by atoms with van der Waals surface area (Å²) in [5.74, 6) is -5.11. The maximum Gasteiger partial charge on any atom is 0.335 e. The van der Waals surface area contributed by atoms with Crippen molar-refractivity contribution in [3.8, 4) is 0 Å². The SMILES string of the molecule is O=C(O)c1cc(F)c(F)c(S(=O)(=O)Cc2cccs2)c1. The molecule has 0 radical (unpaired) electrons. The molecule has 8 heteroatoms. The van der Waals surface area contributed by atoms with Gasteiger partial charge in [-0.25, -0.2) is 22.0 Å². The molecular formula is C12H8F2O4S2. The standard InChI is InChI=1S/C12H8F2O4S2/c13-9-4-7(12(15)16)5-10(11(9)14)20(17,18)6-8-2-1-3-19-8/h1-5H,6H2,(H,15,16). The van der Waals surface area contributed by atoms with Crippen LogP contribution in [0.2, 0.25) is 0 Å². The molecule has 1 heterocycles. The Labute approximate surface area is 117 Å². The third-order valence-corrected chi connectivity index (χ3v) is 5.21. The van der Waals surface area contributed by atoms with E-state index in [-0.39, 0.29) is 0 Å². The molecule has 1 aromatic carbocycles. The number of carboxylic acids is 1. The number of thiophene rings is 1. The highest BCUT2D eigenvalue weighted by Crippen LogP contribution is 2.25. The van der Waals surface area contributed by atoms with Gasteiger partial charge < -0.3 is 5.11 Å². The molecule has 20 heavy (non-hydrogen) atoms. The van der Waals surface area contributed by atoms with E-state index in [0.29, 0.717) is 17.0 Å². The van der Waals surface area contributed by atoms with Crippen LogP contribution in [0, 0.1) is 11.6 Å². The molecule has 1 aromatic heterocycles. The molecule has 0 saturated heterocycles. The molecular weight excluding hydrogens is 310 g/mol. The molecule has 2 aromatic rings. The van der Waals surface area contributed by atoms with Crippen LogP contribution in [0.1, 0.15) is 15.2 Å². The van der Waals surface area contributed by atoms with E-state index in [1.165, 1.54) is 6.07 Å². The van der Waals surface area contributed by atoms with Crippen molar-refractivity contribution in [3.63, 3.8) is 0 Å². The van der Waals surface area contributed by atoms with Gasteiger partial charge in [-0.3, -0.25) is 0 Å². The Morgan fingerprint density at radius 3 is 2.55 bits per heavy atom. The zero-order chi connectivity index (χ0) is 14.9. The van der Waals surface area contributed by atoms with Gasteiger partial charge in [0.05, 0.1) is 11.3 Å². The lowest BCUT2D eigenvalue weighted by molar-refractivity contribution is 0.0696. The number of rotatable bonds is 4. The number of carbonyl (C=O) groups is 1. The summed E-state index contributed by atoms with van der Waals surface area (Å²) in [5.41, 5.74) is -0.617. The summed E-state index contributed by atoms with van der Waals surface area (Å²) in [6.45, 7) is 0. The van der Waals surface area contributed by atoms with E-state index in [4.69, 9.17) is 5.11 Å². The molecule has 0 amide bonds. The fourth-order valence-corrected chi connectivity index (χ4v) is 4.10. The summed E-state index contributed by atoms with van der Waals surface area (Å²) in [4.78, 5) is 10.3. The second-order valence-corrected chi connectivity index (χ2v) is 6.90. The average molecular weight is 318 g/mol. The minimum atomic E-state index is -4.16. The molecule has 4 nitrogen and oxygen atoms in total. The first-order valence-corrected chi connectivity index (χ1v) is 7.82. The van der Waals surface area contributed by atoms with E-state index >= 15 is 0 Å². The van der Waals surface area contributed by atoms with Gasteiger partial charge in [-0.1, -0.05) is 6.07 Å². The Morgan fingerprint density at radius 2 is 2.00 bits per heavy atom. The van der Waals surface area contributed by atoms with Gasteiger partial charge in [-0.2, -0.15) is 0 Å². The van der Waals surface area contributed by atoms with Gasteiger partial charge in [0.1, 0.15) is 4.90 Å². The highest BCUT2D eigenvalue weighted by Gasteiger charge is 2.25. The van der Waals surface area contributed by atoms with E-state index < -0.39 is 43.7 Å². The molecule has 0 spiro atoms. The lowest BCUT2D eigenvalue weighted by Crippen LogP contribution is -2.10. The molecule has 0 atom stereocenters. The summed E-state index contributed by atoms with van der Waals surface area (Å²) in [6, 6.07) is 4.24. The lowest BCUT2D eigenvalue weighted by atomic mass is 10.2. The second kappa shape index (κ2) is 5.29. The van der Waals surface area contributed by atoms with Crippen LogP contribution in [-0.2, 0) is 15.6 Å². The lowest BCUT2D eigenvalue weighted by Gasteiger charge is -2.07. The van der Waals surface area contributed by atoms with Crippen LogP contribution in [0.5, 0.6) is 0 Å². The molecule has 1 N–H and O–H groups in total. The fourth-order valence-electron chi connectivity index (χ4n) is 1.57. The molecule has 0 fully saturated rings. The Hall–Kier alpha value is -1.80. The van der Waals surface area contributed by atoms with Crippen molar-refractivity contribution in [3.05, 3.63) is 51.7 Å². The van der Waals surface area contributed by atoms with E-state index in [1.54, 1.807) is 11.4 Å². The highest BCUT2D eigenvalue weighted by atomic mass is 32.2. The zero-order valence-electron chi connectivity index (χ0n) is 9.84. The number of benzene rings is 1. The molecule has 0 aliphatic heterocycles. The number of sulfone groups is 1. The van der Waals surface area contributed by atoms with Crippen molar-refractivity contribution in [2.24, 2.45) is 0 Å². The number of hydrogen-bond acceptors (Lipinski definition) is 4. The van der Waals surface area contributed by atoms with E-state index in [9.17, 15) is 22.0 Å². The summed E-state index contributed by atoms with van der Waals surface area (Å²) < 4.78 is 51.0. The average Bonchev–Trinajstić information content (AvgIpc) is 2.83. The monoisotopic (exact) mass is 318 g/mol. The quantitative estimate of drug-likeness (QED) is 0.941. The first-order chi connectivity index (χ1) is 9.31. The largest absolute Gasteiger partial charge is 0.478 e. The third-order valence-electron chi connectivity index (χ3n) is 2.49. The third kappa shape index (κ3) is 2.86. The van der Waals surface area contributed by atoms with Crippen LogP contribution in [0.15, 0.2) is 34.5 Å². The minimum Gasteiger partial charge on any atom is -0.478 e. The molecule has 0 saturated carbocycles. The van der Waals surface area contributed by atoms with Gasteiger partial charge in [-0.15, -0.1) is 11.3 Å². The minimum absolute atomic E-state index is 0.446. The van der Waals surface area contributed by atoms with Crippen LogP contribution in [0.25, 0.3) is 0 Å². The van der Waals surface area contributed by atoms with E-state index in [1.807, 2.05) is 0 Å². The first-order valence-electron chi connectivity index (χ1n) is 5.29. The molecule has 0 aliphatic rings. The molecule has 106 valence electrons.